The quantitative estimate of drug-likeness (QED) is 0.792. The fraction of sp³-hybridized carbons (Fsp3) is 0.588. The summed E-state index contributed by atoms with van der Waals surface area (Å²) in [4.78, 5) is 15.3. The monoisotopic (exact) mass is 291 g/mol. The van der Waals surface area contributed by atoms with Crippen LogP contribution in [0.3, 0.4) is 0 Å². The molecule has 0 aromatic heterocycles. The van der Waals surface area contributed by atoms with Crippen molar-refractivity contribution in [2.45, 2.75) is 44.4 Å². The molecule has 0 saturated carbocycles. The normalized spacial score (nSPS) is 19.5. The van der Waals surface area contributed by atoms with Crippen molar-refractivity contribution in [1.29, 1.82) is 0 Å². The Hall–Kier alpha value is -0.800. The highest BCUT2D eigenvalue weighted by Crippen LogP contribution is 2.29. The maximum Gasteiger partial charge on any atom is 0.167 e. The van der Waals surface area contributed by atoms with Gasteiger partial charge in [0.1, 0.15) is 0 Å². The molecule has 0 radical (unpaired) electrons. The second-order valence-corrected chi connectivity index (χ2v) is 7.03. The van der Waals surface area contributed by atoms with Crippen LogP contribution in [0.5, 0.6) is 0 Å². The molecule has 0 amide bonds. The first-order valence-electron chi connectivity index (χ1n) is 7.68. The van der Waals surface area contributed by atoms with Gasteiger partial charge in [0.25, 0.3) is 0 Å². The predicted octanol–water partition coefficient (Wildman–Crippen LogP) is 3.92. The first kappa shape index (κ1) is 15.6. The molecule has 2 atom stereocenters. The minimum Gasteiger partial charge on any atom is -0.296 e. The number of hydrogen-bond donors (Lipinski definition) is 0. The van der Waals surface area contributed by atoms with Crippen molar-refractivity contribution in [3.05, 3.63) is 35.9 Å². The van der Waals surface area contributed by atoms with Crippen molar-refractivity contribution < 1.29 is 4.79 Å². The third-order valence-corrected chi connectivity index (χ3v) is 5.02. The van der Waals surface area contributed by atoms with Crippen molar-refractivity contribution in [3.8, 4) is 0 Å². The van der Waals surface area contributed by atoms with Gasteiger partial charge in [-0.2, -0.15) is 11.8 Å². The minimum absolute atomic E-state index is 0.0504. The molecule has 20 heavy (non-hydrogen) atoms. The highest BCUT2D eigenvalue weighted by molar-refractivity contribution is 8.00. The predicted molar refractivity (Wildman–Crippen MR) is 87.2 cm³/mol. The Bertz CT molecular complexity index is 414. The lowest BCUT2D eigenvalue weighted by atomic mass is 9.96. The van der Waals surface area contributed by atoms with Gasteiger partial charge in [0.15, 0.2) is 5.78 Å². The highest BCUT2D eigenvalue weighted by atomic mass is 32.2. The number of hydrogen-bond acceptors (Lipinski definition) is 3. The van der Waals surface area contributed by atoms with Crippen LogP contribution in [0.15, 0.2) is 30.3 Å². The second kappa shape index (κ2) is 7.84. The Morgan fingerprint density at radius 2 is 1.85 bits per heavy atom. The number of benzene rings is 1. The van der Waals surface area contributed by atoms with Crippen LogP contribution < -0.4 is 0 Å². The molecule has 1 aliphatic heterocycles. The maximum absolute atomic E-state index is 12.9. The fourth-order valence-electron chi connectivity index (χ4n) is 2.92. The fourth-order valence-corrected chi connectivity index (χ4v) is 3.71. The Morgan fingerprint density at radius 3 is 2.45 bits per heavy atom. The molecule has 110 valence electrons. The van der Waals surface area contributed by atoms with Gasteiger partial charge < -0.3 is 0 Å². The smallest absolute Gasteiger partial charge is 0.167 e. The summed E-state index contributed by atoms with van der Waals surface area (Å²) < 4.78 is 0. The first-order valence-corrected chi connectivity index (χ1v) is 8.73. The second-order valence-electron chi connectivity index (χ2n) is 5.41. The molecule has 1 heterocycles. The lowest BCUT2D eigenvalue weighted by Crippen LogP contribution is -2.40. The van der Waals surface area contributed by atoms with Gasteiger partial charge in [0.2, 0.25) is 0 Å². The van der Waals surface area contributed by atoms with Crippen molar-refractivity contribution in [2.75, 3.05) is 18.8 Å². The summed E-state index contributed by atoms with van der Waals surface area (Å²) in [5.41, 5.74) is 1.16. The standard InChI is InChI=1S/C17H25NOS/c1-3-20-14(2)17(19)16(15-10-6-4-7-11-15)18-12-8-5-9-13-18/h4,6-7,10-11,14,16H,3,5,8-9,12-13H2,1-2H3/t14?,16-/m1/s1. The molecule has 1 aromatic rings. The summed E-state index contributed by atoms with van der Waals surface area (Å²) >= 11 is 1.75. The zero-order valence-corrected chi connectivity index (χ0v) is 13.4. The summed E-state index contributed by atoms with van der Waals surface area (Å²) in [6.07, 6.45) is 3.73. The SMILES string of the molecule is CCSC(C)C(=O)[C@@H](c1ccccc1)N1CCCCC1. The first-order chi connectivity index (χ1) is 9.74. The van der Waals surface area contributed by atoms with Gasteiger partial charge in [-0.05, 0) is 44.2 Å². The summed E-state index contributed by atoms with van der Waals surface area (Å²) in [6, 6.07) is 10.2. The number of piperidine rings is 1. The third kappa shape index (κ3) is 3.86. The Balaban J connectivity index is 2.21. The van der Waals surface area contributed by atoms with Crippen LogP contribution in [0.2, 0.25) is 0 Å². The van der Waals surface area contributed by atoms with Crippen LogP contribution in [0.4, 0.5) is 0 Å². The Labute approximate surface area is 126 Å². The molecule has 2 rings (SSSR count). The van der Waals surface area contributed by atoms with Crippen LogP contribution in [0.1, 0.15) is 44.7 Å². The summed E-state index contributed by atoms with van der Waals surface area (Å²) in [7, 11) is 0. The zero-order valence-electron chi connectivity index (χ0n) is 12.5. The van der Waals surface area contributed by atoms with Crippen LogP contribution in [-0.2, 0) is 4.79 Å². The highest BCUT2D eigenvalue weighted by Gasteiger charge is 2.31. The number of likely N-dealkylation sites (tertiary alicyclic amines) is 1. The Kier molecular flexibility index (Phi) is 6.11. The molecule has 0 bridgehead atoms. The van der Waals surface area contributed by atoms with Crippen molar-refractivity contribution in [2.24, 2.45) is 0 Å². The Morgan fingerprint density at radius 1 is 1.20 bits per heavy atom. The van der Waals surface area contributed by atoms with Crippen LogP contribution in [0.25, 0.3) is 0 Å². The molecule has 3 heteroatoms. The molecular weight excluding hydrogens is 266 g/mol. The van der Waals surface area contributed by atoms with E-state index in [4.69, 9.17) is 0 Å². The van der Waals surface area contributed by atoms with Gasteiger partial charge in [-0.15, -0.1) is 0 Å². The average molecular weight is 291 g/mol. The number of carbonyl (C=O) groups is 1. The van der Waals surface area contributed by atoms with E-state index in [0.717, 1.165) is 24.4 Å². The summed E-state index contributed by atoms with van der Waals surface area (Å²) in [6.45, 7) is 6.27. The molecule has 2 nitrogen and oxygen atoms in total. The van der Waals surface area contributed by atoms with Crippen LogP contribution in [-0.4, -0.2) is 34.8 Å². The van der Waals surface area contributed by atoms with E-state index < -0.39 is 0 Å². The summed E-state index contributed by atoms with van der Waals surface area (Å²) in [5, 5.41) is 0.0760. The molecule has 0 N–H and O–H groups in total. The molecule has 0 spiro atoms. The maximum atomic E-state index is 12.9. The van der Waals surface area contributed by atoms with E-state index in [2.05, 4.69) is 30.9 Å². The van der Waals surface area contributed by atoms with Crippen molar-refractivity contribution in [1.82, 2.24) is 4.90 Å². The van der Waals surface area contributed by atoms with Gasteiger partial charge in [0, 0.05) is 0 Å². The van der Waals surface area contributed by atoms with E-state index in [1.54, 1.807) is 11.8 Å². The van der Waals surface area contributed by atoms with Crippen molar-refractivity contribution >= 4 is 17.5 Å². The number of rotatable bonds is 6. The van der Waals surface area contributed by atoms with Crippen molar-refractivity contribution in [3.63, 3.8) is 0 Å². The molecule has 1 aliphatic rings. The zero-order chi connectivity index (χ0) is 14.4. The largest absolute Gasteiger partial charge is 0.296 e. The number of carbonyl (C=O) groups excluding carboxylic acids is 1. The lowest BCUT2D eigenvalue weighted by molar-refractivity contribution is -0.124. The van der Waals surface area contributed by atoms with E-state index in [-0.39, 0.29) is 11.3 Å². The molecule has 0 aliphatic carbocycles. The average Bonchev–Trinajstić information content (AvgIpc) is 2.50. The van der Waals surface area contributed by atoms with Gasteiger partial charge in [-0.25, -0.2) is 0 Å². The lowest BCUT2D eigenvalue weighted by Gasteiger charge is -2.35. The van der Waals surface area contributed by atoms with Gasteiger partial charge >= 0.3 is 0 Å². The molecule has 1 unspecified atom stereocenters. The number of Topliss-reactive ketones (excluding diaryl/α,β-unsaturated/α-hetero) is 1. The van der Waals surface area contributed by atoms with E-state index in [1.807, 2.05) is 18.2 Å². The molecule has 1 saturated heterocycles. The summed E-state index contributed by atoms with van der Waals surface area (Å²) in [5.74, 6) is 1.36. The van der Waals surface area contributed by atoms with E-state index >= 15 is 0 Å². The number of thioether (sulfide) groups is 1. The van der Waals surface area contributed by atoms with Gasteiger partial charge in [-0.1, -0.05) is 43.7 Å². The molecule has 1 fully saturated rings. The minimum atomic E-state index is -0.0504. The third-order valence-electron chi connectivity index (χ3n) is 3.96. The van der Waals surface area contributed by atoms with Crippen LogP contribution in [0, 0.1) is 0 Å². The van der Waals surface area contributed by atoms with Gasteiger partial charge in [-0.3, -0.25) is 9.69 Å². The number of nitrogens with zero attached hydrogens (tertiary/aromatic N) is 1. The van der Waals surface area contributed by atoms with E-state index in [9.17, 15) is 4.79 Å². The van der Waals surface area contributed by atoms with E-state index in [1.165, 1.54) is 19.3 Å². The van der Waals surface area contributed by atoms with E-state index in [0.29, 0.717) is 5.78 Å². The number of ketones is 1. The van der Waals surface area contributed by atoms with Crippen LogP contribution >= 0.6 is 11.8 Å². The molecule has 1 aromatic carbocycles. The van der Waals surface area contributed by atoms with Gasteiger partial charge in [0.05, 0.1) is 11.3 Å². The molecular formula is C17H25NOS. The topological polar surface area (TPSA) is 20.3 Å².